The quantitative estimate of drug-likeness (QED) is 0.608. The van der Waals surface area contributed by atoms with Gasteiger partial charge in [0.2, 0.25) is 0 Å². The van der Waals surface area contributed by atoms with E-state index in [0.29, 0.717) is 5.54 Å². The van der Waals surface area contributed by atoms with Crippen molar-refractivity contribution >= 4 is 11.8 Å². The van der Waals surface area contributed by atoms with Crippen molar-refractivity contribution in [1.29, 1.82) is 0 Å². The Morgan fingerprint density at radius 1 is 1.00 bits per heavy atom. The maximum Gasteiger partial charge on any atom is 0.0174 e. The highest BCUT2D eigenvalue weighted by atomic mass is 32.2. The van der Waals surface area contributed by atoms with E-state index in [2.05, 4.69) is 33.0 Å². The zero-order valence-corrected chi connectivity index (χ0v) is 10.5. The summed E-state index contributed by atoms with van der Waals surface area (Å²) in [6.45, 7) is 10.2. The second-order valence-electron chi connectivity index (χ2n) is 3.46. The molecule has 0 spiro atoms. The third-order valence-electron chi connectivity index (χ3n) is 2.98. The first kappa shape index (κ1) is 13.3. The molecule has 13 heavy (non-hydrogen) atoms. The van der Waals surface area contributed by atoms with Crippen molar-refractivity contribution in [1.82, 2.24) is 5.32 Å². The number of thioether (sulfide) groups is 1. The van der Waals surface area contributed by atoms with E-state index in [0.717, 1.165) is 6.54 Å². The Kier molecular flexibility index (Phi) is 7.87. The van der Waals surface area contributed by atoms with Gasteiger partial charge in [0.25, 0.3) is 0 Å². The number of nitrogens with one attached hydrogen (secondary N) is 1. The van der Waals surface area contributed by atoms with Crippen LogP contribution < -0.4 is 5.32 Å². The van der Waals surface area contributed by atoms with E-state index in [1.165, 1.54) is 30.8 Å². The third kappa shape index (κ3) is 4.92. The van der Waals surface area contributed by atoms with Gasteiger partial charge in [-0.05, 0) is 25.0 Å². The van der Waals surface area contributed by atoms with Crippen LogP contribution in [-0.4, -0.2) is 23.6 Å². The van der Waals surface area contributed by atoms with Gasteiger partial charge in [0.1, 0.15) is 0 Å². The SMILES string of the molecule is CCSCCNC(CC)(CC)CC. The normalized spacial score (nSPS) is 12.0. The molecular weight excluding hydrogens is 178 g/mol. The van der Waals surface area contributed by atoms with Gasteiger partial charge >= 0.3 is 0 Å². The first-order valence-electron chi connectivity index (χ1n) is 5.57. The van der Waals surface area contributed by atoms with Gasteiger partial charge in [-0.2, -0.15) is 11.8 Å². The van der Waals surface area contributed by atoms with Crippen LogP contribution in [0.5, 0.6) is 0 Å². The van der Waals surface area contributed by atoms with Gasteiger partial charge in [-0.15, -0.1) is 0 Å². The number of hydrogen-bond donors (Lipinski definition) is 1. The van der Waals surface area contributed by atoms with E-state index in [1.807, 2.05) is 11.8 Å². The van der Waals surface area contributed by atoms with Gasteiger partial charge in [-0.3, -0.25) is 0 Å². The Bertz CT molecular complexity index is 102. The van der Waals surface area contributed by atoms with Crippen molar-refractivity contribution in [3.8, 4) is 0 Å². The lowest BCUT2D eigenvalue weighted by molar-refractivity contribution is 0.298. The predicted octanol–water partition coefficient (Wildman–Crippen LogP) is 3.30. The summed E-state index contributed by atoms with van der Waals surface area (Å²) in [5.74, 6) is 2.48. The average Bonchev–Trinajstić information content (AvgIpc) is 2.20. The van der Waals surface area contributed by atoms with Gasteiger partial charge < -0.3 is 5.32 Å². The Morgan fingerprint density at radius 3 is 1.92 bits per heavy atom. The van der Waals surface area contributed by atoms with Gasteiger partial charge in [0.15, 0.2) is 0 Å². The molecule has 0 aromatic carbocycles. The van der Waals surface area contributed by atoms with E-state index < -0.39 is 0 Å². The highest BCUT2D eigenvalue weighted by molar-refractivity contribution is 7.99. The molecule has 0 aromatic heterocycles. The van der Waals surface area contributed by atoms with Gasteiger partial charge in [0, 0.05) is 17.8 Å². The molecule has 0 unspecified atom stereocenters. The fraction of sp³-hybridized carbons (Fsp3) is 1.00. The van der Waals surface area contributed by atoms with Crippen molar-refractivity contribution in [3.63, 3.8) is 0 Å². The van der Waals surface area contributed by atoms with Crippen LogP contribution in [0.15, 0.2) is 0 Å². The maximum atomic E-state index is 3.70. The first-order valence-corrected chi connectivity index (χ1v) is 6.72. The molecule has 0 fully saturated rings. The molecule has 0 aliphatic heterocycles. The van der Waals surface area contributed by atoms with E-state index in [9.17, 15) is 0 Å². The molecule has 0 radical (unpaired) electrons. The van der Waals surface area contributed by atoms with Gasteiger partial charge in [-0.25, -0.2) is 0 Å². The van der Waals surface area contributed by atoms with Crippen LogP contribution in [0.2, 0.25) is 0 Å². The summed E-state index contributed by atoms with van der Waals surface area (Å²) >= 11 is 2.02. The predicted molar refractivity (Wildman–Crippen MR) is 64.6 cm³/mol. The van der Waals surface area contributed by atoms with E-state index >= 15 is 0 Å². The third-order valence-corrected chi connectivity index (χ3v) is 3.88. The largest absolute Gasteiger partial charge is 0.310 e. The summed E-state index contributed by atoms with van der Waals surface area (Å²) < 4.78 is 0. The lowest BCUT2D eigenvalue weighted by atomic mass is 9.90. The Balaban J connectivity index is 3.68. The van der Waals surface area contributed by atoms with Crippen molar-refractivity contribution in [2.45, 2.75) is 52.5 Å². The van der Waals surface area contributed by atoms with Crippen LogP contribution in [0.25, 0.3) is 0 Å². The van der Waals surface area contributed by atoms with Crippen LogP contribution in [0.4, 0.5) is 0 Å². The van der Waals surface area contributed by atoms with Crippen LogP contribution in [-0.2, 0) is 0 Å². The average molecular weight is 203 g/mol. The van der Waals surface area contributed by atoms with Crippen LogP contribution in [0.3, 0.4) is 0 Å². The summed E-state index contributed by atoms with van der Waals surface area (Å²) in [6.07, 6.45) is 3.74. The molecule has 1 nitrogen and oxygen atoms in total. The molecule has 0 saturated carbocycles. The van der Waals surface area contributed by atoms with Crippen molar-refractivity contribution < 1.29 is 0 Å². The molecule has 0 saturated heterocycles. The minimum absolute atomic E-state index is 0.411. The Hall–Kier alpha value is 0.310. The summed E-state index contributed by atoms with van der Waals surface area (Å²) in [6, 6.07) is 0. The highest BCUT2D eigenvalue weighted by Crippen LogP contribution is 2.18. The molecular formula is C11H25NS. The lowest BCUT2D eigenvalue weighted by Gasteiger charge is -2.32. The Morgan fingerprint density at radius 2 is 1.54 bits per heavy atom. The first-order chi connectivity index (χ1) is 6.24. The minimum atomic E-state index is 0.411. The zero-order chi connectivity index (χ0) is 10.2. The number of hydrogen-bond acceptors (Lipinski definition) is 2. The van der Waals surface area contributed by atoms with Crippen LogP contribution in [0, 0.1) is 0 Å². The molecule has 0 aromatic rings. The van der Waals surface area contributed by atoms with Gasteiger partial charge in [0.05, 0.1) is 0 Å². The van der Waals surface area contributed by atoms with Crippen molar-refractivity contribution in [2.24, 2.45) is 0 Å². The maximum absolute atomic E-state index is 3.70. The molecule has 2 heteroatoms. The summed E-state index contributed by atoms with van der Waals surface area (Å²) in [5.41, 5.74) is 0.411. The fourth-order valence-corrected chi connectivity index (χ4v) is 2.19. The molecule has 0 heterocycles. The smallest absolute Gasteiger partial charge is 0.0174 e. The second kappa shape index (κ2) is 7.69. The summed E-state index contributed by atoms with van der Waals surface area (Å²) in [4.78, 5) is 0. The summed E-state index contributed by atoms with van der Waals surface area (Å²) in [7, 11) is 0. The summed E-state index contributed by atoms with van der Waals surface area (Å²) in [5, 5.41) is 3.70. The molecule has 1 N–H and O–H groups in total. The number of rotatable bonds is 8. The van der Waals surface area contributed by atoms with Crippen LogP contribution >= 0.6 is 11.8 Å². The van der Waals surface area contributed by atoms with E-state index in [1.54, 1.807) is 0 Å². The van der Waals surface area contributed by atoms with E-state index in [4.69, 9.17) is 0 Å². The monoisotopic (exact) mass is 203 g/mol. The molecule has 0 atom stereocenters. The standard InChI is InChI=1S/C11H25NS/c1-5-11(6-2,7-3)12-9-10-13-8-4/h12H,5-10H2,1-4H3. The topological polar surface area (TPSA) is 12.0 Å². The zero-order valence-electron chi connectivity index (χ0n) is 9.65. The highest BCUT2D eigenvalue weighted by Gasteiger charge is 2.21. The molecule has 0 aliphatic carbocycles. The molecule has 80 valence electrons. The lowest BCUT2D eigenvalue weighted by Crippen LogP contribution is -2.44. The minimum Gasteiger partial charge on any atom is -0.310 e. The fourth-order valence-electron chi connectivity index (χ4n) is 1.66. The van der Waals surface area contributed by atoms with Crippen molar-refractivity contribution in [3.05, 3.63) is 0 Å². The molecule has 0 aliphatic rings. The van der Waals surface area contributed by atoms with Crippen LogP contribution in [0.1, 0.15) is 47.0 Å². The second-order valence-corrected chi connectivity index (χ2v) is 4.86. The molecule has 0 rings (SSSR count). The van der Waals surface area contributed by atoms with E-state index in [-0.39, 0.29) is 0 Å². The molecule has 0 amide bonds. The Labute approximate surface area is 88.1 Å². The van der Waals surface area contributed by atoms with Crippen molar-refractivity contribution in [2.75, 3.05) is 18.1 Å². The molecule has 0 bridgehead atoms. The van der Waals surface area contributed by atoms with Gasteiger partial charge in [-0.1, -0.05) is 27.7 Å².